The van der Waals surface area contributed by atoms with Crippen molar-refractivity contribution in [3.05, 3.63) is 0 Å². The van der Waals surface area contributed by atoms with Crippen molar-refractivity contribution >= 4 is 5.97 Å². The molecule has 4 rings (SSSR count). The van der Waals surface area contributed by atoms with Crippen molar-refractivity contribution in [3.8, 4) is 0 Å². The quantitative estimate of drug-likeness (QED) is 0.719. The molecule has 0 aliphatic heterocycles. The van der Waals surface area contributed by atoms with E-state index in [0.29, 0.717) is 17.8 Å². The lowest BCUT2D eigenvalue weighted by Crippen LogP contribution is -2.53. The SMILES string of the molecule is CC(C(=O)OC12CC3CC(CC(C3)C1)C2)C(F)(F)F. The molecule has 4 saturated carbocycles. The van der Waals surface area contributed by atoms with Crippen molar-refractivity contribution in [1.29, 1.82) is 0 Å². The molecule has 0 aromatic heterocycles. The van der Waals surface area contributed by atoms with E-state index in [0.717, 1.165) is 26.2 Å². The number of rotatable bonds is 2. The fourth-order valence-electron chi connectivity index (χ4n) is 4.59. The summed E-state index contributed by atoms with van der Waals surface area (Å²) in [4.78, 5) is 11.7. The molecular formula is C14H19F3O2. The van der Waals surface area contributed by atoms with Gasteiger partial charge in [0.15, 0.2) is 0 Å². The maximum atomic E-state index is 12.6. The summed E-state index contributed by atoms with van der Waals surface area (Å²) in [6.45, 7) is 0.892. The number of hydrogen-bond acceptors (Lipinski definition) is 2. The highest BCUT2D eigenvalue weighted by Gasteiger charge is 2.54. The summed E-state index contributed by atoms with van der Waals surface area (Å²) in [6, 6.07) is 0. The fraction of sp³-hybridized carbons (Fsp3) is 0.929. The van der Waals surface area contributed by atoms with Crippen LogP contribution in [0, 0.1) is 23.7 Å². The largest absolute Gasteiger partial charge is 0.459 e. The van der Waals surface area contributed by atoms with Gasteiger partial charge in [-0.1, -0.05) is 0 Å². The number of hydrogen-bond donors (Lipinski definition) is 0. The molecule has 4 bridgehead atoms. The first-order valence-electron chi connectivity index (χ1n) is 7.07. The third-order valence-corrected chi connectivity index (χ3v) is 5.14. The molecule has 4 aliphatic carbocycles. The molecule has 0 aromatic carbocycles. The van der Waals surface area contributed by atoms with Crippen molar-refractivity contribution < 1.29 is 22.7 Å². The minimum Gasteiger partial charge on any atom is -0.459 e. The Bertz CT molecular complexity index is 353. The first-order valence-corrected chi connectivity index (χ1v) is 7.07. The normalized spacial score (nSPS) is 42.2. The molecule has 2 nitrogen and oxygen atoms in total. The Balaban J connectivity index is 1.71. The summed E-state index contributed by atoms with van der Waals surface area (Å²) >= 11 is 0. The van der Waals surface area contributed by atoms with Crippen LogP contribution in [0.3, 0.4) is 0 Å². The number of halogens is 3. The molecule has 108 valence electrons. The third-order valence-electron chi connectivity index (χ3n) is 5.14. The molecule has 0 spiro atoms. The Labute approximate surface area is 110 Å². The number of carbonyl (C=O) groups excluding carboxylic acids is 1. The second-order valence-corrected chi connectivity index (χ2v) is 6.78. The Hall–Kier alpha value is -0.740. The lowest BCUT2D eigenvalue weighted by atomic mass is 9.54. The predicted octanol–water partition coefficient (Wildman–Crippen LogP) is 3.70. The summed E-state index contributed by atoms with van der Waals surface area (Å²) in [5.74, 6) is -1.43. The molecule has 0 radical (unpaired) electrons. The molecule has 4 fully saturated rings. The maximum absolute atomic E-state index is 12.6. The number of carbonyl (C=O) groups is 1. The van der Waals surface area contributed by atoms with E-state index in [-0.39, 0.29) is 0 Å². The van der Waals surface area contributed by atoms with Crippen LogP contribution < -0.4 is 0 Å². The summed E-state index contributed by atoms with van der Waals surface area (Å²) in [6.07, 6.45) is 1.34. The highest BCUT2D eigenvalue weighted by molar-refractivity contribution is 5.73. The van der Waals surface area contributed by atoms with Crippen LogP contribution in [0.5, 0.6) is 0 Å². The highest BCUT2D eigenvalue weighted by Crippen LogP contribution is 2.57. The Morgan fingerprint density at radius 3 is 1.89 bits per heavy atom. The number of alkyl halides is 3. The van der Waals surface area contributed by atoms with Gasteiger partial charge in [0.2, 0.25) is 0 Å². The van der Waals surface area contributed by atoms with Crippen LogP contribution in [0.4, 0.5) is 13.2 Å². The summed E-state index contributed by atoms with van der Waals surface area (Å²) in [5, 5.41) is 0. The highest BCUT2D eigenvalue weighted by atomic mass is 19.4. The van der Waals surface area contributed by atoms with Gasteiger partial charge < -0.3 is 4.74 Å². The van der Waals surface area contributed by atoms with Crippen molar-refractivity contribution in [1.82, 2.24) is 0 Å². The van der Waals surface area contributed by atoms with Crippen molar-refractivity contribution in [2.45, 2.75) is 57.2 Å². The van der Waals surface area contributed by atoms with Crippen LogP contribution in [0.15, 0.2) is 0 Å². The second-order valence-electron chi connectivity index (χ2n) is 6.78. The van der Waals surface area contributed by atoms with E-state index in [9.17, 15) is 18.0 Å². The summed E-state index contributed by atoms with van der Waals surface area (Å²) < 4.78 is 43.1. The Morgan fingerprint density at radius 1 is 1.11 bits per heavy atom. The van der Waals surface area contributed by atoms with Gasteiger partial charge in [-0.2, -0.15) is 13.2 Å². The smallest absolute Gasteiger partial charge is 0.401 e. The van der Waals surface area contributed by atoms with E-state index < -0.39 is 23.7 Å². The van der Waals surface area contributed by atoms with E-state index in [2.05, 4.69) is 0 Å². The van der Waals surface area contributed by atoms with Gasteiger partial charge in [0.1, 0.15) is 11.5 Å². The average molecular weight is 276 g/mol. The minimum atomic E-state index is -4.50. The lowest BCUT2D eigenvalue weighted by Gasteiger charge is -2.55. The molecule has 0 N–H and O–H groups in total. The van der Waals surface area contributed by atoms with Gasteiger partial charge in [-0.05, 0) is 63.2 Å². The number of esters is 1. The Kier molecular flexibility index (Phi) is 2.88. The Morgan fingerprint density at radius 2 is 1.53 bits per heavy atom. The monoisotopic (exact) mass is 276 g/mol. The van der Waals surface area contributed by atoms with Gasteiger partial charge in [0, 0.05) is 0 Å². The lowest BCUT2D eigenvalue weighted by molar-refractivity contribution is -0.218. The van der Waals surface area contributed by atoms with Gasteiger partial charge in [-0.3, -0.25) is 4.79 Å². The van der Waals surface area contributed by atoms with Gasteiger partial charge >= 0.3 is 12.1 Å². The molecular weight excluding hydrogens is 257 g/mol. The van der Waals surface area contributed by atoms with Crippen LogP contribution in [0.1, 0.15) is 45.4 Å². The van der Waals surface area contributed by atoms with E-state index in [1.807, 2.05) is 0 Å². The average Bonchev–Trinajstić information content (AvgIpc) is 2.23. The zero-order valence-corrected chi connectivity index (χ0v) is 11.0. The second kappa shape index (κ2) is 4.13. The summed E-state index contributed by atoms with van der Waals surface area (Å²) in [7, 11) is 0. The molecule has 1 unspecified atom stereocenters. The van der Waals surface area contributed by atoms with Crippen molar-refractivity contribution in [3.63, 3.8) is 0 Å². The van der Waals surface area contributed by atoms with Crippen LogP contribution >= 0.6 is 0 Å². The van der Waals surface area contributed by atoms with Crippen molar-refractivity contribution in [2.24, 2.45) is 23.7 Å². The minimum absolute atomic E-state index is 0.556. The van der Waals surface area contributed by atoms with Gasteiger partial charge in [-0.15, -0.1) is 0 Å². The molecule has 0 aromatic rings. The van der Waals surface area contributed by atoms with E-state index in [1.54, 1.807) is 0 Å². The molecule has 4 aliphatic rings. The topological polar surface area (TPSA) is 26.3 Å². The maximum Gasteiger partial charge on any atom is 0.401 e. The van der Waals surface area contributed by atoms with Crippen molar-refractivity contribution in [2.75, 3.05) is 0 Å². The van der Waals surface area contributed by atoms with Gasteiger partial charge in [0.25, 0.3) is 0 Å². The predicted molar refractivity (Wildman–Crippen MR) is 62.2 cm³/mol. The van der Waals surface area contributed by atoms with E-state index in [1.165, 1.54) is 19.3 Å². The molecule has 19 heavy (non-hydrogen) atoms. The molecule has 5 heteroatoms. The zero-order chi connectivity index (χ0) is 13.8. The van der Waals surface area contributed by atoms with E-state index in [4.69, 9.17) is 4.74 Å². The van der Waals surface area contributed by atoms with E-state index >= 15 is 0 Å². The zero-order valence-electron chi connectivity index (χ0n) is 11.0. The van der Waals surface area contributed by atoms with Crippen LogP contribution in [-0.4, -0.2) is 17.7 Å². The van der Waals surface area contributed by atoms with Crippen LogP contribution in [-0.2, 0) is 9.53 Å². The van der Waals surface area contributed by atoms with Gasteiger partial charge in [-0.25, -0.2) is 0 Å². The molecule has 0 heterocycles. The third kappa shape index (κ3) is 2.36. The van der Waals surface area contributed by atoms with Crippen LogP contribution in [0.25, 0.3) is 0 Å². The van der Waals surface area contributed by atoms with Gasteiger partial charge in [0.05, 0.1) is 0 Å². The molecule has 0 saturated heterocycles. The fourth-order valence-corrected chi connectivity index (χ4v) is 4.59. The van der Waals surface area contributed by atoms with Crippen LogP contribution in [0.2, 0.25) is 0 Å². The standard InChI is InChI=1S/C14H19F3O2/c1-8(14(15,16)17)12(18)19-13-5-9-2-10(6-13)4-11(3-9)7-13/h8-11H,2-7H2,1H3. The molecule has 1 atom stereocenters. The number of ether oxygens (including phenoxy) is 1. The first kappa shape index (κ1) is 13.3. The summed E-state index contributed by atoms with van der Waals surface area (Å²) in [5.41, 5.74) is -0.578. The molecule has 0 amide bonds. The first-order chi connectivity index (χ1) is 8.77.